The molecule has 0 spiro atoms. The molecule has 0 rings (SSSR count). The van der Waals surface area contributed by atoms with Crippen LogP contribution in [0.1, 0.15) is 47.5 Å². The molecular weight excluding hydrogens is 210 g/mol. The predicted molar refractivity (Wildman–Crippen MR) is 66.0 cm³/mol. The van der Waals surface area contributed by atoms with Crippen molar-refractivity contribution in [3.63, 3.8) is 0 Å². The van der Waals surface area contributed by atoms with E-state index in [1.165, 1.54) is 6.08 Å². The van der Waals surface area contributed by atoms with Crippen molar-refractivity contribution >= 4 is 0 Å². The number of methoxy groups -OCH3 is 1. The molecule has 3 heteroatoms. The minimum absolute atomic E-state index is 0.0577. The van der Waals surface area contributed by atoms with E-state index in [4.69, 9.17) is 4.74 Å². The SMILES string of the molecule is CC.COCC(C)(C)CC/C=C/C(C)(F)F. The van der Waals surface area contributed by atoms with Crippen molar-refractivity contribution in [3.8, 4) is 0 Å². The van der Waals surface area contributed by atoms with Gasteiger partial charge in [-0.2, -0.15) is 0 Å². The molecule has 0 unspecified atom stereocenters. The Balaban J connectivity index is 0. The fourth-order valence-electron chi connectivity index (χ4n) is 1.23. The molecule has 98 valence electrons. The second-order valence-corrected chi connectivity index (χ2v) is 4.49. The highest BCUT2D eigenvalue weighted by molar-refractivity contribution is 4.92. The average Bonchev–Trinajstić information content (AvgIpc) is 2.14. The van der Waals surface area contributed by atoms with Gasteiger partial charge in [0.05, 0.1) is 6.61 Å². The summed E-state index contributed by atoms with van der Waals surface area (Å²) in [5, 5.41) is 0. The zero-order chi connectivity index (χ0) is 13.2. The number of rotatable bonds is 6. The third-order valence-electron chi connectivity index (χ3n) is 1.93. The molecule has 0 aromatic heterocycles. The number of hydrogen-bond acceptors (Lipinski definition) is 1. The van der Waals surface area contributed by atoms with Gasteiger partial charge >= 0.3 is 0 Å². The van der Waals surface area contributed by atoms with Crippen LogP contribution in [0.15, 0.2) is 12.2 Å². The summed E-state index contributed by atoms with van der Waals surface area (Å²) in [6.07, 6.45) is 4.01. The van der Waals surface area contributed by atoms with E-state index in [1.807, 2.05) is 13.8 Å². The molecule has 0 radical (unpaired) electrons. The zero-order valence-corrected chi connectivity index (χ0v) is 11.4. The maximum Gasteiger partial charge on any atom is 0.263 e. The maximum absolute atomic E-state index is 12.4. The van der Waals surface area contributed by atoms with Crippen molar-refractivity contribution in [3.05, 3.63) is 12.2 Å². The van der Waals surface area contributed by atoms with Crippen molar-refractivity contribution in [1.82, 2.24) is 0 Å². The average molecular weight is 236 g/mol. The van der Waals surface area contributed by atoms with E-state index in [1.54, 1.807) is 7.11 Å². The fraction of sp³-hybridized carbons (Fsp3) is 0.846. The highest BCUT2D eigenvalue weighted by atomic mass is 19.3. The van der Waals surface area contributed by atoms with Gasteiger partial charge in [0.2, 0.25) is 0 Å². The molecule has 0 aliphatic carbocycles. The van der Waals surface area contributed by atoms with E-state index in [0.29, 0.717) is 13.0 Å². The Kier molecular flexibility index (Phi) is 9.73. The summed E-state index contributed by atoms with van der Waals surface area (Å²) in [5.41, 5.74) is 0.0577. The molecule has 0 saturated carbocycles. The van der Waals surface area contributed by atoms with Gasteiger partial charge in [-0.05, 0) is 24.3 Å². The standard InChI is InChI=1S/C11H20F2O.C2H6/c1-10(2,9-14-4)7-5-6-8-11(3,12)13;1-2/h6,8H,5,7,9H2,1-4H3;1-2H3/b8-6+;. The highest BCUT2D eigenvalue weighted by Crippen LogP contribution is 2.23. The van der Waals surface area contributed by atoms with Crippen LogP contribution in [-0.2, 0) is 4.74 Å². The molecule has 16 heavy (non-hydrogen) atoms. The highest BCUT2D eigenvalue weighted by Gasteiger charge is 2.17. The topological polar surface area (TPSA) is 9.23 Å². The Labute approximate surface area is 98.9 Å². The van der Waals surface area contributed by atoms with Gasteiger partial charge in [0.15, 0.2) is 0 Å². The quantitative estimate of drug-likeness (QED) is 0.609. The largest absolute Gasteiger partial charge is 0.384 e. The molecule has 0 aromatic carbocycles. The molecule has 0 aromatic rings. The van der Waals surface area contributed by atoms with E-state index >= 15 is 0 Å². The number of alkyl halides is 2. The van der Waals surface area contributed by atoms with Crippen LogP contribution in [0.25, 0.3) is 0 Å². The lowest BCUT2D eigenvalue weighted by atomic mass is 9.89. The van der Waals surface area contributed by atoms with Crippen LogP contribution in [0.5, 0.6) is 0 Å². The normalized spacial score (nSPS) is 12.5. The monoisotopic (exact) mass is 236 g/mol. The van der Waals surface area contributed by atoms with E-state index in [0.717, 1.165) is 19.4 Å². The van der Waals surface area contributed by atoms with Crippen LogP contribution >= 0.6 is 0 Å². The van der Waals surface area contributed by atoms with Crippen molar-refractivity contribution in [2.24, 2.45) is 5.41 Å². The Morgan fingerprint density at radius 3 is 2.00 bits per heavy atom. The first kappa shape index (κ1) is 17.9. The lowest BCUT2D eigenvalue weighted by Crippen LogP contribution is -2.17. The van der Waals surface area contributed by atoms with Crippen molar-refractivity contribution in [2.75, 3.05) is 13.7 Å². The van der Waals surface area contributed by atoms with Crippen LogP contribution in [0.3, 0.4) is 0 Å². The van der Waals surface area contributed by atoms with Gasteiger partial charge in [0, 0.05) is 14.0 Å². The molecule has 0 fully saturated rings. The van der Waals surface area contributed by atoms with Gasteiger partial charge in [0.1, 0.15) is 0 Å². The Morgan fingerprint density at radius 2 is 1.62 bits per heavy atom. The van der Waals surface area contributed by atoms with Crippen molar-refractivity contribution in [1.29, 1.82) is 0 Å². The molecule has 0 amide bonds. The molecule has 0 atom stereocenters. The van der Waals surface area contributed by atoms with Gasteiger partial charge in [-0.1, -0.05) is 33.8 Å². The van der Waals surface area contributed by atoms with Crippen LogP contribution < -0.4 is 0 Å². The summed E-state index contributed by atoms with van der Waals surface area (Å²) >= 11 is 0. The van der Waals surface area contributed by atoms with E-state index in [9.17, 15) is 8.78 Å². The van der Waals surface area contributed by atoms with Gasteiger partial charge in [-0.3, -0.25) is 0 Å². The van der Waals surface area contributed by atoms with Crippen LogP contribution in [0.4, 0.5) is 8.78 Å². The predicted octanol–water partition coefficient (Wildman–Crippen LogP) is 4.68. The Bertz CT molecular complexity index is 181. The first-order valence-corrected chi connectivity index (χ1v) is 5.81. The summed E-state index contributed by atoms with van der Waals surface area (Å²) < 4.78 is 29.8. The first-order valence-electron chi connectivity index (χ1n) is 5.81. The second-order valence-electron chi connectivity index (χ2n) is 4.49. The van der Waals surface area contributed by atoms with E-state index in [2.05, 4.69) is 13.8 Å². The minimum Gasteiger partial charge on any atom is -0.384 e. The summed E-state index contributed by atoms with van der Waals surface area (Å²) in [6.45, 7) is 9.68. The summed E-state index contributed by atoms with van der Waals surface area (Å²) in [5.74, 6) is -2.69. The summed E-state index contributed by atoms with van der Waals surface area (Å²) in [4.78, 5) is 0. The number of halogens is 2. The smallest absolute Gasteiger partial charge is 0.263 e. The molecule has 0 N–H and O–H groups in total. The zero-order valence-electron chi connectivity index (χ0n) is 11.4. The second kappa shape index (κ2) is 8.68. The van der Waals surface area contributed by atoms with Gasteiger partial charge in [0.25, 0.3) is 5.92 Å². The molecule has 0 saturated heterocycles. The van der Waals surface area contributed by atoms with Gasteiger partial charge in [-0.15, -0.1) is 0 Å². The molecular formula is C13H26F2O. The van der Waals surface area contributed by atoms with Crippen molar-refractivity contribution in [2.45, 2.75) is 53.4 Å². The fourth-order valence-corrected chi connectivity index (χ4v) is 1.23. The van der Waals surface area contributed by atoms with E-state index in [-0.39, 0.29) is 5.41 Å². The molecule has 0 heterocycles. The van der Waals surface area contributed by atoms with Crippen LogP contribution in [0, 0.1) is 5.41 Å². The van der Waals surface area contributed by atoms with E-state index < -0.39 is 5.92 Å². The first-order chi connectivity index (χ1) is 7.27. The van der Waals surface area contributed by atoms with Crippen LogP contribution in [-0.4, -0.2) is 19.6 Å². The molecule has 0 bridgehead atoms. The summed E-state index contributed by atoms with van der Waals surface area (Å²) in [7, 11) is 1.65. The third kappa shape index (κ3) is 13.6. The number of hydrogen-bond donors (Lipinski definition) is 0. The van der Waals surface area contributed by atoms with Crippen molar-refractivity contribution < 1.29 is 13.5 Å². The number of allylic oxidation sites excluding steroid dienone is 2. The summed E-state index contributed by atoms with van der Waals surface area (Å²) in [6, 6.07) is 0. The van der Waals surface area contributed by atoms with Crippen LogP contribution in [0.2, 0.25) is 0 Å². The van der Waals surface area contributed by atoms with Gasteiger partial charge < -0.3 is 4.74 Å². The lowest BCUT2D eigenvalue weighted by molar-refractivity contribution is 0.0765. The lowest BCUT2D eigenvalue weighted by Gasteiger charge is -2.22. The maximum atomic E-state index is 12.4. The minimum atomic E-state index is -2.69. The Morgan fingerprint density at radius 1 is 1.12 bits per heavy atom. The Hall–Kier alpha value is -0.440. The third-order valence-corrected chi connectivity index (χ3v) is 1.93. The van der Waals surface area contributed by atoms with Gasteiger partial charge in [-0.25, -0.2) is 8.78 Å². The molecule has 1 nitrogen and oxygen atoms in total. The molecule has 0 aliphatic rings. The number of ether oxygens (including phenoxy) is 1. The molecule has 0 aliphatic heterocycles.